The summed E-state index contributed by atoms with van der Waals surface area (Å²) in [4.78, 5) is 12.0. The van der Waals surface area contributed by atoms with E-state index in [1.54, 1.807) is 46.0 Å². The Kier molecular flexibility index (Phi) is 9.82. The van der Waals surface area contributed by atoms with Crippen molar-refractivity contribution in [3.8, 4) is 74.8 Å². The van der Waals surface area contributed by atoms with Crippen molar-refractivity contribution in [1.29, 1.82) is 21.0 Å². The molecule has 0 unspecified atom stereocenters. The Bertz CT molecular complexity index is 2590. The Hall–Kier alpha value is -4.46. The van der Waals surface area contributed by atoms with Crippen LogP contribution in [-0.4, -0.2) is 13.2 Å². The molecule has 2 fully saturated rings. The average Bonchev–Trinajstić information content (AvgIpc) is 4.09. The molecule has 0 saturated heterocycles. The number of ether oxygens (including phenoxy) is 2. The van der Waals surface area contributed by atoms with Crippen LogP contribution in [0.2, 0.25) is 0 Å². The van der Waals surface area contributed by atoms with Crippen LogP contribution in [0.25, 0.3) is 51.2 Å². The van der Waals surface area contributed by atoms with E-state index in [4.69, 9.17) is 9.47 Å². The molecular weight excluding hydrogens is 789 g/mol. The molecule has 2 spiro atoms. The lowest BCUT2D eigenvalue weighted by molar-refractivity contribution is 0.320. The minimum Gasteiger partial charge on any atom is -0.492 e. The molecule has 0 aromatic carbocycles. The first kappa shape index (κ1) is 37.1. The van der Waals surface area contributed by atoms with E-state index in [0.717, 1.165) is 37.4 Å². The van der Waals surface area contributed by atoms with Gasteiger partial charge in [-0.25, -0.2) is 0 Å². The van der Waals surface area contributed by atoms with E-state index in [1.807, 2.05) is 77.3 Å². The number of hydrogen-bond donors (Lipinski definition) is 0. The molecule has 0 N–H and O–H groups in total. The number of thiophene rings is 5. The van der Waals surface area contributed by atoms with E-state index < -0.39 is 0 Å². The second-order valence-corrected chi connectivity index (χ2v) is 20.3. The van der Waals surface area contributed by atoms with Gasteiger partial charge >= 0.3 is 0 Å². The maximum absolute atomic E-state index is 9.49. The van der Waals surface area contributed by atoms with Gasteiger partial charge in [0.1, 0.15) is 46.9 Å². The number of fused-ring (bicyclic) bond motifs is 11. The molecule has 56 heavy (non-hydrogen) atoms. The molecule has 0 atom stereocenters. The van der Waals surface area contributed by atoms with E-state index in [1.165, 1.54) is 105 Å². The van der Waals surface area contributed by atoms with Gasteiger partial charge in [-0.1, -0.05) is 45.4 Å². The van der Waals surface area contributed by atoms with E-state index in [0.29, 0.717) is 13.2 Å². The third-order valence-corrected chi connectivity index (χ3v) is 18.2. The summed E-state index contributed by atoms with van der Waals surface area (Å²) in [5.74, 6) is 1.64. The van der Waals surface area contributed by atoms with Gasteiger partial charge in [0.05, 0.1) is 23.0 Å². The lowest BCUT2D eigenvalue weighted by atomic mass is 9.61. The van der Waals surface area contributed by atoms with Crippen molar-refractivity contribution in [2.45, 2.75) is 95.3 Å². The summed E-state index contributed by atoms with van der Waals surface area (Å²) >= 11 is 9.02. The van der Waals surface area contributed by atoms with Crippen molar-refractivity contribution in [3.63, 3.8) is 0 Å². The Balaban J connectivity index is 1.21. The van der Waals surface area contributed by atoms with Crippen LogP contribution in [0.1, 0.15) is 116 Å². The third kappa shape index (κ3) is 5.74. The first-order valence-electron chi connectivity index (χ1n) is 19.5. The highest BCUT2D eigenvalue weighted by atomic mass is 32.1. The van der Waals surface area contributed by atoms with Crippen molar-refractivity contribution < 1.29 is 9.47 Å². The minimum absolute atomic E-state index is 0.000931. The van der Waals surface area contributed by atoms with Crippen LogP contribution >= 0.6 is 56.7 Å². The molecule has 5 aromatic rings. The van der Waals surface area contributed by atoms with E-state index in [2.05, 4.69) is 19.1 Å². The van der Waals surface area contributed by atoms with Crippen LogP contribution in [0.15, 0.2) is 35.4 Å². The Morgan fingerprint density at radius 2 is 1.02 bits per heavy atom. The average molecular weight is 827 g/mol. The van der Waals surface area contributed by atoms with Crippen molar-refractivity contribution >= 4 is 68.8 Å². The first-order chi connectivity index (χ1) is 27.4. The molecule has 0 aliphatic heterocycles. The summed E-state index contributed by atoms with van der Waals surface area (Å²) in [5, 5.41) is 37.9. The highest BCUT2D eigenvalue weighted by Crippen LogP contribution is 2.71. The smallest absolute Gasteiger partial charge is 0.139 e. The Morgan fingerprint density at radius 1 is 0.571 bits per heavy atom. The predicted octanol–water partition coefficient (Wildman–Crippen LogP) is 13.8. The van der Waals surface area contributed by atoms with Crippen molar-refractivity contribution in [1.82, 2.24) is 0 Å². The van der Waals surface area contributed by atoms with Crippen molar-refractivity contribution in [3.05, 3.63) is 67.4 Å². The number of rotatable bonds is 9. The number of nitriles is 4. The summed E-state index contributed by atoms with van der Waals surface area (Å²) in [6.07, 6.45) is 16.4. The number of nitrogens with zero attached hydrogens (tertiary/aromatic N) is 4. The van der Waals surface area contributed by atoms with Crippen LogP contribution < -0.4 is 9.47 Å². The van der Waals surface area contributed by atoms with Gasteiger partial charge in [0, 0.05) is 49.8 Å². The summed E-state index contributed by atoms with van der Waals surface area (Å²) in [5.41, 5.74) is 6.46. The summed E-state index contributed by atoms with van der Waals surface area (Å²) in [7, 11) is 0. The topological polar surface area (TPSA) is 114 Å². The van der Waals surface area contributed by atoms with Gasteiger partial charge in [0.2, 0.25) is 0 Å². The molecule has 6 nitrogen and oxygen atoms in total. The van der Waals surface area contributed by atoms with Crippen LogP contribution in [-0.2, 0) is 10.8 Å². The van der Waals surface area contributed by atoms with Gasteiger partial charge in [-0.3, -0.25) is 0 Å². The molecule has 9 rings (SSSR count). The second kappa shape index (κ2) is 14.8. The Morgan fingerprint density at radius 3 is 1.43 bits per heavy atom. The quantitative estimate of drug-likeness (QED) is 0.137. The maximum Gasteiger partial charge on any atom is 0.139 e. The summed E-state index contributed by atoms with van der Waals surface area (Å²) < 4.78 is 12.5. The first-order valence-corrected chi connectivity index (χ1v) is 23.5. The van der Waals surface area contributed by atoms with Gasteiger partial charge in [-0.2, -0.15) is 21.0 Å². The molecule has 5 heterocycles. The predicted molar refractivity (Wildman–Crippen MR) is 231 cm³/mol. The fraction of sp³-hybridized carbons (Fsp3) is 0.378. The minimum atomic E-state index is -0.00129. The number of allylic oxidation sites excluding steroid dienone is 2. The van der Waals surface area contributed by atoms with Gasteiger partial charge in [0.25, 0.3) is 0 Å². The molecule has 4 aliphatic rings. The van der Waals surface area contributed by atoms with Crippen LogP contribution in [0.4, 0.5) is 0 Å². The number of hydrogen-bond acceptors (Lipinski definition) is 11. The van der Waals surface area contributed by atoms with Gasteiger partial charge in [0.15, 0.2) is 0 Å². The molecule has 11 heteroatoms. The Labute approximate surface area is 347 Å². The zero-order valence-electron chi connectivity index (χ0n) is 31.3. The zero-order valence-corrected chi connectivity index (χ0v) is 35.4. The zero-order chi connectivity index (χ0) is 38.6. The van der Waals surface area contributed by atoms with E-state index in [9.17, 15) is 21.0 Å². The molecular formula is C45H38N4O2S5. The van der Waals surface area contributed by atoms with Crippen LogP contribution in [0.5, 0.6) is 11.5 Å². The molecule has 0 radical (unpaired) electrons. The summed E-state index contributed by atoms with van der Waals surface area (Å²) in [6.45, 7) is 5.25. The lowest BCUT2D eigenvalue weighted by Gasteiger charge is -2.41. The highest BCUT2D eigenvalue weighted by molar-refractivity contribution is 7.30. The fourth-order valence-corrected chi connectivity index (χ4v) is 16.3. The molecule has 0 bridgehead atoms. The lowest BCUT2D eigenvalue weighted by Crippen LogP contribution is -2.34. The molecule has 2 saturated carbocycles. The van der Waals surface area contributed by atoms with Gasteiger partial charge in [-0.15, -0.1) is 56.7 Å². The second-order valence-electron chi connectivity index (χ2n) is 15.0. The SMILES string of the molecule is CCCOc1cc(C=C(C#N)C#N)sc1-c1cc2c(s1)-c1sc3c(c1C21CCCCC1)C1(CCCCC1)c1cc(-c2sc(C=C(C#N)C#N)cc2OCC)sc1-3. The molecule has 280 valence electrons. The summed E-state index contributed by atoms with van der Waals surface area (Å²) in [6, 6.07) is 17.0. The highest BCUT2D eigenvalue weighted by Gasteiger charge is 2.56. The van der Waals surface area contributed by atoms with Crippen molar-refractivity contribution in [2.75, 3.05) is 13.2 Å². The van der Waals surface area contributed by atoms with Crippen LogP contribution in [0.3, 0.4) is 0 Å². The van der Waals surface area contributed by atoms with Gasteiger partial charge in [-0.05, 0) is 97.7 Å². The molecule has 5 aromatic heterocycles. The molecule has 0 amide bonds. The maximum atomic E-state index is 9.49. The standard InChI is InChI=1S/C45H38N4O2S5/c1-3-15-51-33-19-29(17-27(24-48)25-49)53-41(33)35-21-31-39(55-35)43-37(45(31)13-9-6-10-14-45)36-42(56-43)38-30(44(36)11-7-5-8-12-44)20-34(54-38)40-32(50-4-2)18-28(52-40)16-26(22-46)23-47/h16-21H,3-15H2,1-2H3. The largest absolute Gasteiger partial charge is 0.492 e. The normalized spacial score (nSPS) is 16.5. The molecule has 4 aliphatic carbocycles. The van der Waals surface area contributed by atoms with Crippen LogP contribution in [0, 0.1) is 45.3 Å². The third-order valence-electron chi connectivity index (χ3n) is 11.9. The monoisotopic (exact) mass is 826 g/mol. The van der Waals surface area contributed by atoms with Gasteiger partial charge < -0.3 is 9.47 Å². The fourth-order valence-electron chi connectivity index (χ4n) is 9.65. The van der Waals surface area contributed by atoms with E-state index in [-0.39, 0.29) is 22.0 Å². The van der Waals surface area contributed by atoms with E-state index >= 15 is 0 Å². The van der Waals surface area contributed by atoms with Crippen molar-refractivity contribution in [2.24, 2.45) is 0 Å².